The molecule has 0 N–H and O–H groups in total. The van der Waals surface area contributed by atoms with Crippen molar-refractivity contribution < 1.29 is 4.42 Å². The third kappa shape index (κ3) is 5.49. The molecular formula is C42H26N6O. The van der Waals surface area contributed by atoms with E-state index < -0.39 is 0 Å². The van der Waals surface area contributed by atoms with Crippen LogP contribution in [0.5, 0.6) is 0 Å². The van der Waals surface area contributed by atoms with Crippen molar-refractivity contribution >= 4 is 21.9 Å². The molecule has 0 atom stereocenters. The minimum absolute atomic E-state index is 0.538. The first-order valence-electron chi connectivity index (χ1n) is 16.0. The molecule has 6 aromatic carbocycles. The monoisotopic (exact) mass is 630 g/mol. The van der Waals surface area contributed by atoms with E-state index in [4.69, 9.17) is 34.3 Å². The van der Waals surface area contributed by atoms with Gasteiger partial charge in [0.05, 0.1) is 0 Å². The number of fused-ring (bicyclic) bond motifs is 3. The highest BCUT2D eigenvalue weighted by Gasteiger charge is 2.17. The van der Waals surface area contributed by atoms with E-state index in [1.807, 2.05) is 146 Å². The van der Waals surface area contributed by atoms with E-state index in [1.54, 1.807) is 0 Å². The molecule has 0 bridgehead atoms. The van der Waals surface area contributed by atoms with Crippen molar-refractivity contribution in [1.82, 2.24) is 29.9 Å². The molecule has 49 heavy (non-hydrogen) atoms. The van der Waals surface area contributed by atoms with Gasteiger partial charge < -0.3 is 4.42 Å². The Morgan fingerprint density at radius 1 is 0.265 bits per heavy atom. The van der Waals surface area contributed by atoms with Crippen LogP contribution in [0.15, 0.2) is 162 Å². The van der Waals surface area contributed by atoms with Crippen LogP contribution < -0.4 is 0 Å². The zero-order valence-electron chi connectivity index (χ0n) is 26.1. The summed E-state index contributed by atoms with van der Waals surface area (Å²) in [6.45, 7) is 0. The normalized spacial score (nSPS) is 11.3. The number of hydrogen-bond donors (Lipinski definition) is 0. The quantitative estimate of drug-likeness (QED) is 0.181. The number of rotatable bonds is 6. The molecule has 0 spiro atoms. The second-order valence-corrected chi connectivity index (χ2v) is 11.6. The number of para-hydroxylation sites is 1. The van der Waals surface area contributed by atoms with Crippen molar-refractivity contribution in [3.63, 3.8) is 0 Å². The lowest BCUT2D eigenvalue weighted by atomic mass is 10.1. The predicted molar refractivity (Wildman–Crippen MR) is 193 cm³/mol. The molecule has 9 rings (SSSR count). The summed E-state index contributed by atoms with van der Waals surface area (Å²) in [7, 11) is 0. The first-order chi connectivity index (χ1) is 24.2. The molecule has 7 heteroatoms. The summed E-state index contributed by atoms with van der Waals surface area (Å²) < 4.78 is 6.20. The lowest BCUT2D eigenvalue weighted by molar-refractivity contribution is 0.669. The van der Waals surface area contributed by atoms with Crippen LogP contribution in [0.3, 0.4) is 0 Å². The lowest BCUT2D eigenvalue weighted by Crippen LogP contribution is -2.01. The third-order valence-electron chi connectivity index (χ3n) is 8.38. The summed E-state index contributed by atoms with van der Waals surface area (Å²) in [5, 5.41) is 2.12. The van der Waals surface area contributed by atoms with E-state index in [1.165, 1.54) is 0 Å². The van der Waals surface area contributed by atoms with Gasteiger partial charge in [-0.2, -0.15) is 0 Å². The smallest absolute Gasteiger partial charge is 0.164 e. The molecule has 0 saturated heterocycles. The molecule has 9 aromatic rings. The van der Waals surface area contributed by atoms with Crippen molar-refractivity contribution in [3.05, 3.63) is 158 Å². The Labute approximate surface area is 281 Å². The topological polar surface area (TPSA) is 90.5 Å². The molecule has 0 aliphatic heterocycles. The lowest BCUT2D eigenvalue weighted by Gasteiger charge is -2.10. The van der Waals surface area contributed by atoms with Crippen LogP contribution in [0.25, 0.3) is 90.3 Å². The van der Waals surface area contributed by atoms with Crippen molar-refractivity contribution in [2.24, 2.45) is 0 Å². The average molecular weight is 631 g/mol. The summed E-state index contributed by atoms with van der Waals surface area (Å²) >= 11 is 0. The minimum Gasteiger partial charge on any atom is -0.456 e. The maximum Gasteiger partial charge on any atom is 0.164 e. The van der Waals surface area contributed by atoms with Gasteiger partial charge in [0.15, 0.2) is 34.9 Å². The van der Waals surface area contributed by atoms with Gasteiger partial charge in [-0.3, -0.25) is 0 Å². The molecule has 0 unspecified atom stereocenters. The highest BCUT2D eigenvalue weighted by Crippen LogP contribution is 2.33. The van der Waals surface area contributed by atoms with E-state index in [0.717, 1.165) is 55.3 Å². The van der Waals surface area contributed by atoms with Crippen LogP contribution in [-0.4, -0.2) is 29.9 Å². The van der Waals surface area contributed by atoms with E-state index >= 15 is 0 Å². The third-order valence-corrected chi connectivity index (χ3v) is 8.38. The first kappa shape index (κ1) is 28.4. The Balaban J connectivity index is 1.18. The van der Waals surface area contributed by atoms with Crippen LogP contribution in [0.1, 0.15) is 0 Å². The second-order valence-electron chi connectivity index (χ2n) is 11.6. The van der Waals surface area contributed by atoms with E-state index in [9.17, 15) is 0 Å². The molecule has 0 aliphatic carbocycles. The SMILES string of the molecule is c1ccc(-c2nc(-c3ccccc3)nc(-c3cccc(-c4nc(-c5ccccc5)nc(-c5ccc6c(c5)oc5ccccc56)n4)c3)n2)cc1. The second kappa shape index (κ2) is 12.1. The summed E-state index contributed by atoms with van der Waals surface area (Å²) in [6, 6.07) is 52.0. The molecule has 7 nitrogen and oxygen atoms in total. The fraction of sp³-hybridized carbons (Fsp3) is 0. The van der Waals surface area contributed by atoms with E-state index in [2.05, 4.69) is 12.1 Å². The molecule has 0 saturated carbocycles. The van der Waals surface area contributed by atoms with Gasteiger partial charge in [-0.25, -0.2) is 29.9 Å². The van der Waals surface area contributed by atoms with Gasteiger partial charge in [-0.15, -0.1) is 0 Å². The number of furan rings is 1. The van der Waals surface area contributed by atoms with Gasteiger partial charge >= 0.3 is 0 Å². The maximum absolute atomic E-state index is 6.20. The molecule has 3 aromatic heterocycles. The van der Waals surface area contributed by atoms with Crippen LogP contribution in [0.2, 0.25) is 0 Å². The van der Waals surface area contributed by atoms with Gasteiger partial charge in [0.2, 0.25) is 0 Å². The molecular weight excluding hydrogens is 605 g/mol. The van der Waals surface area contributed by atoms with Gasteiger partial charge in [0.1, 0.15) is 11.2 Å². The molecule has 0 amide bonds. The first-order valence-corrected chi connectivity index (χ1v) is 16.0. The van der Waals surface area contributed by atoms with E-state index in [-0.39, 0.29) is 0 Å². The number of aromatic nitrogens is 6. The minimum atomic E-state index is 0.538. The fourth-order valence-corrected chi connectivity index (χ4v) is 5.95. The fourth-order valence-electron chi connectivity index (χ4n) is 5.95. The number of nitrogens with zero attached hydrogens (tertiary/aromatic N) is 6. The number of hydrogen-bond acceptors (Lipinski definition) is 7. The average Bonchev–Trinajstić information content (AvgIpc) is 3.57. The Kier molecular flexibility index (Phi) is 6.98. The summed E-state index contributed by atoms with van der Waals surface area (Å²) in [4.78, 5) is 29.6. The summed E-state index contributed by atoms with van der Waals surface area (Å²) in [6.07, 6.45) is 0. The van der Waals surface area contributed by atoms with Gasteiger partial charge in [0.25, 0.3) is 0 Å². The predicted octanol–water partition coefficient (Wildman–Crippen LogP) is 9.96. The molecule has 230 valence electrons. The van der Waals surface area contributed by atoms with Crippen molar-refractivity contribution in [3.8, 4) is 68.3 Å². The largest absolute Gasteiger partial charge is 0.456 e. The Bertz CT molecular complexity index is 2550. The molecule has 3 heterocycles. The van der Waals surface area contributed by atoms with Crippen molar-refractivity contribution in [2.45, 2.75) is 0 Å². The zero-order chi connectivity index (χ0) is 32.6. The molecule has 0 fully saturated rings. The summed E-state index contributed by atoms with van der Waals surface area (Å²) in [5.41, 5.74) is 6.81. The molecule has 0 aliphatic rings. The summed E-state index contributed by atoms with van der Waals surface area (Å²) in [5.74, 6) is 3.43. The maximum atomic E-state index is 6.20. The van der Waals surface area contributed by atoms with Gasteiger partial charge in [0, 0.05) is 44.2 Å². The Hall–Kier alpha value is -6.86. The van der Waals surface area contributed by atoms with Crippen LogP contribution in [0, 0.1) is 0 Å². The van der Waals surface area contributed by atoms with Gasteiger partial charge in [-0.1, -0.05) is 133 Å². The zero-order valence-corrected chi connectivity index (χ0v) is 26.1. The Morgan fingerprint density at radius 3 is 1.12 bits per heavy atom. The van der Waals surface area contributed by atoms with Crippen LogP contribution in [-0.2, 0) is 0 Å². The van der Waals surface area contributed by atoms with E-state index in [0.29, 0.717) is 34.9 Å². The highest BCUT2D eigenvalue weighted by atomic mass is 16.3. The Morgan fingerprint density at radius 2 is 0.633 bits per heavy atom. The highest BCUT2D eigenvalue weighted by molar-refractivity contribution is 6.05. The molecule has 0 radical (unpaired) electrons. The van der Waals surface area contributed by atoms with Crippen LogP contribution in [0.4, 0.5) is 0 Å². The van der Waals surface area contributed by atoms with Crippen molar-refractivity contribution in [1.29, 1.82) is 0 Å². The van der Waals surface area contributed by atoms with Gasteiger partial charge in [-0.05, 0) is 24.3 Å². The number of benzene rings is 6. The van der Waals surface area contributed by atoms with Crippen LogP contribution >= 0.6 is 0 Å². The van der Waals surface area contributed by atoms with Crippen molar-refractivity contribution in [2.75, 3.05) is 0 Å². The standard InChI is InChI=1S/C42H26N6O/c1-4-13-27(14-5-1)37-43-38(28-15-6-2-7-16-28)45-40(44-37)30-19-12-20-31(25-30)41-46-39(29-17-8-3-9-18-29)47-42(48-41)32-23-24-34-33-21-10-11-22-35(33)49-36(34)26-32/h1-26H.